The fraction of sp³-hybridized carbons (Fsp3) is 0.320. The SMILES string of the molecule is Cc1cc(-n2nc3c(c2-n2ccn(-c4ccc5c(cnn5C)c4F)c2=O)[C@H](C)N(C(=O)c2cc4cc([C@H]5CCOC(C)(C)C5)ccc4n2[C@@]2(c4noc(=O)[nH]4)C[C@@H]2C)c2nccnc2-3)cc(C)c1F. The molecule has 0 bridgehead atoms. The van der Waals surface area contributed by atoms with E-state index in [0.29, 0.717) is 52.4 Å². The Bertz CT molecular complexity index is 3730. The number of nitrogens with zero attached hydrogens (tertiary/aromatic N) is 11. The number of amides is 1. The molecule has 19 heteroatoms. The van der Waals surface area contributed by atoms with E-state index in [1.807, 2.05) is 30.5 Å². The average molecular weight is 933 g/mol. The van der Waals surface area contributed by atoms with Crippen LogP contribution < -0.4 is 16.3 Å². The second kappa shape index (κ2) is 14.8. The molecule has 3 aromatic carbocycles. The average Bonchev–Trinajstić information content (AvgIpc) is 3.96. The minimum atomic E-state index is -0.949. The van der Waals surface area contributed by atoms with Crippen LogP contribution in [0.15, 0.2) is 93.6 Å². The highest BCUT2D eigenvalue weighted by molar-refractivity contribution is 6.10. The molecular formula is C50H46F2N12O5. The van der Waals surface area contributed by atoms with Crippen molar-refractivity contribution in [2.75, 3.05) is 11.5 Å². The molecule has 350 valence electrons. The van der Waals surface area contributed by atoms with Gasteiger partial charge in [-0.1, -0.05) is 18.1 Å². The van der Waals surface area contributed by atoms with Crippen molar-refractivity contribution >= 4 is 33.5 Å². The fourth-order valence-electron chi connectivity index (χ4n) is 11.1. The number of benzene rings is 3. The lowest BCUT2D eigenvalue weighted by Crippen LogP contribution is -2.40. The predicted molar refractivity (Wildman–Crippen MR) is 250 cm³/mol. The van der Waals surface area contributed by atoms with Gasteiger partial charge < -0.3 is 9.30 Å². The molecule has 2 aliphatic heterocycles. The van der Waals surface area contributed by atoms with Gasteiger partial charge in [0.25, 0.3) is 5.91 Å². The number of aromatic nitrogens is 11. The lowest BCUT2D eigenvalue weighted by molar-refractivity contribution is -0.0592. The third-order valence-electron chi connectivity index (χ3n) is 14.6. The van der Waals surface area contributed by atoms with E-state index < -0.39 is 34.8 Å². The highest BCUT2D eigenvalue weighted by atomic mass is 19.1. The standard InChI is InChI=1S/C50H46F2N12O5/c1-25-18-32(19-26(2)39(25)51)64-44(61-16-15-60(48(61)67)36-11-10-35-33(40(36)52)24-55-59(35)7)38-28(4)62(43-42(41(38)57-64)53-13-14-54-43)45(65)37-21-31-20-29(30-12-17-68-49(5,6)23-30)8-9-34(31)63(37)50(22-27(50)3)46-56-47(66)69-58-46/h8-11,13-16,18-21,24,27-28,30H,12,17,22-23H2,1-7H3,(H,56,58,66)/t27-,28-,30-,50-/m0/s1. The minimum absolute atomic E-state index is 0.00178. The summed E-state index contributed by atoms with van der Waals surface area (Å²) in [4.78, 5) is 57.4. The van der Waals surface area contributed by atoms with Crippen LogP contribution in [-0.2, 0) is 17.3 Å². The van der Waals surface area contributed by atoms with Crippen LogP contribution in [0.2, 0.25) is 0 Å². The van der Waals surface area contributed by atoms with Crippen molar-refractivity contribution in [3.05, 3.63) is 146 Å². The second-order valence-corrected chi connectivity index (χ2v) is 19.3. The Balaban J connectivity index is 1.07. The summed E-state index contributed by atoms with van der Waals surface area (Å²) in [5.74, 6) is -1.29. The summed E-state index contributed by atoms with van der Waals surface area (Å²) >= 11 is 0. The Hall–Kier alpha value is -7.80. The Morgan fingerprint density at radius 2 is 1.64 bits per heavy atom. The molecule has 69 heavy (non-hydrogen) atoms. The Labute approximate surface area is 391 Å². The number of fused-ring (bicyclic) bond motifs is 5. The van der Waals surface area contributed by atoms with E-state index in [1.165, 1.54) is 50.9 Å². The molecule has 1 aliphatic carbocycles. The predicted octanol–water partition coefficient (Wildman–Crippen LogP) is 7.86. The molecular weight excluding hydrogens is 887 g/mol. The zero-order valence-electron chi connectivity index (χ0n) is 38.8. The summed E-state index contributed by atoms with van der Waals surface area (Å²) in [6.07, 6.45) is 9.62. The molecule has 0 spiro atoms. The first-order valence-electron chi connectivity index (χ1n) is 22.9. The zero-order valence-corrected chi connectivity index (χ0v) is 38.8. The van der Waals surface area contributed by atoms with Crippen LogP contribution in [0.1, 0.15) is 97.5 Å². The minimum Gasteiger partial charge on any atom is -0.376 e. The van der Waals surface area contributed by atoms with Crippen LogP contribution >= 0.6 is 0 Å². The van der Waals surface area contributed by atoms with Gasteiger partial charge in [-0.05, 0) is 125 Å². The van der Waals surface area contributed by atoms with Gasteiger partial charge in [-0.2, -0.15) is 10.2 Å². The molecule has 12 rings (SSSR count). The fourth-order valence-corrected chi connectivity index (χ4v) is 11.1. The van der Waals surface area contributed by atoms with E-state index in [-0.39, 0.29) is 57.4 Å². The van der Waals surface area contributed by atoms with Crippen LogP contribution in [0, 0.1) is 31.4 Å². The number of halogens is 2. The number of imidazole rings is 1. The zero-order chi connectivity index (χ0) is 48.0. The number of carbonyl (C=O) groups excluding carboxylic acids is 1. The van der Waals surface area contributed by atoms with Crippen LogP contribution in [-0.4, -0.2) is 71.5 Å². The molecule has 1 saturated carbocycles. The number of hydrogen-bond acceptors (Lipinski definition) is 10. The summed E-state index contributed by atoms with van der Waals surface area (Å²) in [7, 11) is 1.71. The summed E-state index contributed by atoms with van der Waals surface area (Å²) in [5.41, 5.74) is 2.99. The number of aryl methyl sites for hydroxylation is 3. The van der Waals surface area contributed by atoms with Gasteiger partial charge in [-0.3, -0.25) is 33.0 Å². The number of anilines is 1. The molecule has 9 aromatic rings. The van der Waals surface area contributed by atoms with E-state index in [9.17, 15) is 9.59 Å². The molecule has 3 aliphatic rings. The monoisotopic (exact) mass is 932 g/mol. The second-order valence-electron chi connectivity index (χ2n) is 19.3. The number of H-pyrrole nitrogens is 1. The van der Waals surface area contributed by atoms with Crippen LogP contribution in [0.25, 0.3) is 50.4 Å². The molecule has 1 N–H and O–H groups in total. The first kappa shape index (κ1) is 42.5. The van der Waals surface area contributed by atoms with Gasteiger partial charge in [-0.15, -0.1) is 0 Å². The van der Waals surface area contributed by atoms with Crippen molar-refractivity contribution in [2.45, 2.75) is 83.9 Å². The summed E-state index contributed by atoms with van der Waals surface area (Å²) in [6.45, 7) is 12.0. The number of carbonyl (C=O) groups is 1. The van der Waals surface area contributed by atoms with E-state index in [2.05, 4.69) is 41.2 Å². The molecule has 4 atom stereocenters. The van der Waals surface area contributed by atoms with E-state index in [0.717, 1.165) is 29.3 Å². The van der Waals surface area contributed by atoms with Crippen molar-refractivity contribution in [3.8, 4) is 28.6 Å². The summed E-state index contributed by atoms with van der Waals surface area (Å²) < 4.78 is 50.3. The highest BCUT2D eigenvalue weighted by Crippen LogP contribution is 2.56. The molecule has 1 saturated heterocycles. The summed E-state index contributed by atoms with van der Waals surface area (Å²) in [5, 5.41) is 14.5. The van der Waals surface area contributed by atoms with Gasteiger partial charge in [-0.25, -0.2) is 33.0 Å². The highest BCUT2D eigenvalue weighted by Gasteiger charge is 2.59. The number of nitrogens with one attached hydrogen (secondary N) is 1. The third kappa shape index (κ3) is 6.21. The van der Waals surface area contributed by atoms with E-state index >= 15 is 13.6 Å². The molecule has 1 amide bonds. The smallest absolute Gasteiger partial charge is 0.376 e. The van der Waals surface area contributed by atoms with Crippen LogP contribution in [0.3, 0.4) is 0 Å². The van der Waals surface area contributed by atoms with Gasteiger partial charge >= 0.3 is 11.4 Å². The van der Waals surface area contributed by atoms with E-state index in [4.69, 9.17) is 24.3 Å². The number of rotatable bonds is 7. The van der Waals surface area contributed by atoms with Crippen LogP contribution in [0.5, 0.6) is 0 Å². The molecule has 6 aromatic heterocycles. The van der Waals surface area contributed by atoms with Crippen molar-refractivity contribution < 1.29 is 22.8 Å². The van der Waals surface area contributed by atoms with Crippen molar-refractivity contribution in [1.29, 1.82) is 0 Å². The lowest BCUT2D eigenvalue weighted by atomic mass is 9.83. The maximum Gasteiger partial charge on any atom is 0.438 e. The third-order valence-corrected chi connectivity index (χ3v) is 14.6. The molecule has 0 radical (unpaired) electrons. The number of aromatic amines is 1. The van der Waals surface area contributed by atoms with Gasteiger partial charge in [0.1, 0.15) is 28.4 Å². The Morgan fingerprint density at radius 3 is 2.36 bits per heavy atom. The lowest BCUT2D eigenvalue weighted by Gasteiger charge is -2.35. The van der Waals surface area contributed by atoms with Gasteiger partial charge in [0.15, 0.2) is 23.3 Å². The number of ether oxygens (including phenoxy) is 1. The quantitative estimate of drug-likeness (QED) is 0.165. The van der Waals surface area contributed by atoms with Gasteiger partial charge in [0.05, 0.1) is 40.1 Å². The number of hydrogen-bond donors (Lipinski definition) is 1. The molecule has 17 nitrogen and oxygen atoms in total. The summed E-state index contributed by atoms with van der Waals surface area (Å²) in [6, 6.07) is 13.7. The van der Waals surface area contributed by atoms with Crippen molar-refractivity contribution in [1.82, 2.24) is 53.4 Å². The van der Waals surface area contributed by atoms with Gasteiger partial charge in [0, 0.05) is 54.9 Å². The van der Waals surface area contributed by atoms with Crippen molar-refractivity contribution in [3.63, 3.8) is 0 Å². The van der Waals surface area contributed by atoms with E-state index in [1.54, 1.807) is 48.7 Å². The first-order valence-corrected chi connectivity index (χ1v) is 22.9. The maximum atomic E-state index is 16.3. The Morgan fingerprint density at radius 1 is 0.899 bits per heavy atom. The van der Waals surface area contributed by atoms with Crippen LogP contribution in [0.4, 0.5) is 14.6 Å². The molecule has 0 unspecified atom stereocenters. The largest absolute Gasteiger partial charge is 0.438 e. The maximum absolute atomic E-state index is 16.3. The van der Waals surface area contributed by atoms with Gasteiger partial charge in [0.2, 0.25) is 0 Å². The van der Waals surface area contributed by atoms with Crippen molar-refractivity contribution in [2.24, 2.45) is 13.0 Å². The normalized spacial score (nSPS) is 20.7. The molecule has 2 fully saturated rings. The molecule has 8 heterocycles. The Kier molecular flexibility index (Phi) is 9.16. The first-order chi connectivity index (χ1) is 33.1. The topological polar surface area (TPSA) is 182 Å².